The molecule has 0 saturated carbocycles. The molecule has 3 N–H and O–H groups in total. The number of nitrogens with zero attached hydrogens (tertiary/aromatic N) is 5. The van der Waals surface area contributed by atoms with Crippen LogP contribution in [-0.4, -0.2) is 41.8 Å². The Balaban J connectivity index is 2.72. The van der Waals surface area contributed by atoms with Crippen LogP contribution in [0.25, 0.3) is 11.3 Å². The van der Waals surface area contributed by atoms with E-state index in [9.17, 15) is 14.7 Å². The minimum atomic E-state index is -1.22. The molecule has 106 valence electrons. The molecule has 1 amide bonds. The Morgan fingerprint density at radius 3 is 2.45 bits per heavy atom. The normalized spacial score (nSPS) is 10.8. The fourth-order valence-electron chi connectivity index (χ4n) is 2.08. The van der Waals surface area contributed by atoms with E-state index in [2.05, 4.69) is 15.4 Å². The molecule has 0 aliphatic heterocycles. The van der Waals surface area contributed by atoms with Gasteiger partial charge in [-0.2, -0.15) is 5.10 Å². The minimum Gasteiger partial charge on any atom is -0.476 e. The van der Waals surface area contributed by atoms with Gasteiger partial charge in [0.05, 0.1) is 5.69 Å². The van der Waals surface area contributed by atoms with Crippen molar-refractivity contribution >= 4 is 11.9 Å². The van der Waals surface area contributed by atoms with E-state index in [1.165, 1.54) is 4.68 Å². The van der Waals surface area contributed by atoms with Gasteiger partial charge in [-0.15, -0.1) is 5.10 Å². The average Bonchev–Trinajstić information content (AvgIpc) is 2.81. The molecule has 0 bridgehead atoms. The third-order valence-electron chi connectivity index (χ3n) is 2.99. The molecule has 9 nitrogen and oxygen atoms in total. The summed E-state index contributed by atoms with van der Waals surface area (Å²) in [6.45, 7) is 3.29. The lowest BCUT2D eigenvalue weighted by Gasteiger charge is -2.06. The third kappa shape index (κ3) is 2.13. The molecule has 0 saturated heterocycles. The highest BCUT2D eigenvalue weighted by Crippen LogP contribution is 2.28. The number of carboxylic acid groups (broad SMARTS) is 1. The van der Waals surface area contributed by atoms with Gasteiger partial charge in [0.15, 0.2) is 5.69 Å². The van der Waals surface area contributed by atoms with Crippen molar-refractivity contribution in [2.75, 3.05) is 0 Å². The third-order valence-corrected chi connectivity index (χ3v) is 2.99. The first-order chi connectivity index (χ1) is 9.32. The lowest BCUT2D eigenvalue weighted by Crippen LogP contribution is -2.20. The molecule has 20 heavy (non-hydrogen) atoms. The van der Waals surface area contributed by atoms with Gasteiger partial charge in [-0.05, 0) is 13.8 Å². The first-order valence-electron chi connectivity index (χ1n) is 5.78. The molecule has 0 unspecified atom stereocenters. The van der Waals surface area contributed by atoms with E-state index in [0.29, 0.717) is 11.3 Å². The van der Waals surface area contributed by atoms with Crippen molar-refractivity contribution in [3.05, 3.63) is 17.1 Å². The molecule has 0 atom stereocenters. The van der Waals surface area contributed by atoms with Crippen molar-refractivity contribution in [1.29, 1.82) is 0 Å². The van der Waals surface area contributed by atoms with Gasteiger partial charge in [-0.1, -0.05) is 5.21 Å². The topological polar surface area (TPSA) is 129 Å². The highest BCUT2D eigenvalue weighted by atomic mass is 16.4. The summed E-state index contributed by atoms with van der Waals surface area (Å²) in [5, 5.41) is 20.7. The van der Waals surface area contributed by atoms with Crippen molar-refractivity contribution < 1.29 is 14.7 Å². The van der Waals surface area contributed by atoms with E-state index < -0.39 is 11.9 Å². The highest BCUT2D eigenvalue weighted by molar-refractivity contribution is 5.93. The van der Waals surface area contributed by atoms with Crippen molar-refractivity contribution in [2.24, 2.45) is 12.8 Å². The SMILES string of the molecule is Cc1nn(C)c(C)c1-c1c(C(=O)O)nnn1CC(N)=O. The van der Waals surface area contributed by atoms with Gasteiger partial charge in [-0.3, -0.25) is 9.48 Å². The lowest BCUT2D eigenvalue weighted by atomic mass is 10.1. The summed E-state index contributed by atoms with van der Waals surface area (Å²) in [6.07, 6.45) is 0. The van der Waals surface area contributed by atoms with Crippen LogP contribution in [0.5, 0.6) is 0 Å². The Morgan fingerprint density at radius 2 is 2.00 bits per heavy atom. The van der Waals surface area contributed by atoms with Crippen LogP contribution in [0.4, 0.5) is 0 Å². The maximum absolute atomic E-state index is 11.3. The van der Waals surface area contributed by atoms with Gasteiger partial charge in [0.1, 0.15) is 12.2 Å². The molecule has 2 heterocycles. The zero-order valence-electron chi connectivity index (χ0n) is 11.3. The molecular formula is C11H14N6O3. The number of primary amides is 1. The maximum atomic E-state index is 11.3. The fraction of sp³-hybridized carbons (Fsp3) is 0.364. The Labute approximate surface area is 114 Å². The number of carbonyl (C=O) groups excluding carboxylic acids is 1. The second kappa shape index (κ2) is 4.76. The van der Waals surface area contributed by atoms with Crippen LogP contribution in [0.15, 0.2) is 0 Å². The van der Waals surface area contributed by atoms with Crippen molar-refractivity contribution in [2.45, 2.75) is 20.4 Å². The van der Waals surface area contributed by atoms with Crippen LogP contribution in [0.1, 0.15) is 21.9 Å². The van der Waals surface area contributed by atoms with E-state index in [0.717, 1.165) is 5.69 Å². The van der Waals surface area contributed by atoms with E-state index in [4.69, 9.17) is 5.73 Å². The van der Waals surface area contributed by atoms with Gasteiger partial charge < -0.3 is 10.8 Å². The number of carboxylic acids is 1. The van der Waals surface area contributed by atoms with E-state index >= 15 is 0 Å². The average molecular weight is 278 g/mol. The molecule has 0 spiro atoms. The molecule has 9 heteroatoms. The number of rotatable bonds is 4. The first kappa shape index (κ1) is 13.7. The van der Waals surface area contributed by atoms with Gasteiger partial charge in [0.25, 0.3) is 0 Å². The number of aromatic carboxylic acids is 1. The molecule has 2 rings (SSSR count). The second-order valence-corrected chi connectivity index (χ2v) is 4.39. The Morgan fingerprint density at radius 1 is 1.35 bits per heavy atom. The summed E-state index contributed by atoms with van der Waals surface area (Å²) < 4.78 is 2.81. The summed E-state index contributed by atoms with van der Waals surface area (Å²) in [5.74, 6) is -1.86. The second-order valence-electron chi connectivity index (χ2n) is 4.39. The van der Waals surface area contributed by atoms with E-state index in [1.54, 1.807) is 25.6 Å². The fourth-order valence-corrected chi connectivity index (χ4v) is 2.08. The molecule has 0 aliphatic rings. The van der Waals surface area contributed by atoms with Crippen LogP contribution >= 0.6 is 0 Å². The van der Waals surface area contributed by atoms with Crippen molar-refractivity contribution in [3.8, 4) is 11.3 Å². The van der Waals surface area contributed by atoms with Gasteiger partial charge in [0.2, 0.25) is 5.91 Å². The number of aryl methyl sites for hydroxylation is 2. The number of nitrogens with two attached hydrogens (primary N) is 1. The summed E-state index contributed by atoms with van der Waals surface area (Å²) in [5.41, 5.74) is 7.11. The molecular weight excluding hydrogens is 264 g/mol. The zero-order valence-corrected chi connectivity index (χ0v) is 11.3. The zero-order chi connectivity index (χ0) is 15.0. The largest absolute Gasteiger partial charge is 0.476 e. The Hall–Kier alpha value is -2.71. The molecule has 2 aromatic rings. The van der Waals surface area contributed by atoms with Crippen LogP contribution in [0.2, 0.25) is 0 Å². The van der Waals surface area contributed by atoms with Gasteiger partial charge in [-0.25, -0.2) is 9.48 Å². The number of amides is 1. The summed E-state index contributed by atoms with van der Waals surface area (Å²) >= 11 is 0. The minimum absolute atomic E-state index is 0.231. The van der Waals surface area contributed by atoms with Gasteiger partial charge in [0, 0.05) is 18.3 Å². The van der Waals surface area contributed by atoms with Gasteiger partial charge >= 0.3 is 5.97 Å². The van der Waals surface area contributed by atoms with Crippen LogP contribution in [0.3, 0.4) is 0 Å². The molecule has 2 aromatic heterocycles. The predicted octanol–water partition coefficient (Wildman–Crippen LogP) is -0.521. The number of hydrogen-bond acceptors (Lipinski definition) is 5. The van der Waals surface area contributed by atoms with Crippen molar-refractivity contribution in [1.82, 2.24) is 24.8 Å². The highest BCUT2D eigenvalue weighted by Gasteiger charge is 2.26. The predicted molar refractivity (Wildman–Crippen MR) is 67.9 cm³/mol. The monoisotopic (exact) mass is 278 g/mol. The quantitative estimate of drug-likeness (QED) is 0.774. The van der Waals surface area contributed by atoms with Crippen molar-refractivity contribution in [3.63, 3.8) is 0 Å². The van der Waals surface area contributed by atoms with Crippen LogP contribution in [-0.2, 0) is 18.4 Å². The van der Waals surface area contributed by atoms with E-state index in [1.807, 2.05) is 0 Å². The molecule has 0 aliphatic carbocycles. The summed E-state index contributed by atoms with van der Waals surface area (Å²) in [4.78, 5) is 22.3. The Kier molecular flexibility index (Phi) is 3.26. The van der Waals surface area contributed by atoms with E-state index in [-0.39, 0.29) is 17.9 Å². The number of carbonyl (C=O) groups is 2. The van der Waals surface area contributed by atoms with Crippen LogP contribution in [0, 0.1) is 13.8 Å². The standard InChI is InChI=1S/C11H14N6O3/c1-5-8(6(2)16(3)14-5)10-9(11(19)20)13-15-17(10)4-7(12)18/h4H2,1-3H3,(H2,12,18)(H,19,20). The summed E-state index contributed by atoms with van der Waals surface area (Å²) in [7, 11) is 1.74. The summed E-state index contributed by atoms with van der Waals surface area (Å²) in [6, 6.07) is 0. The van der Waals surface area contributed by atoms with Crippen LogP contribution < -0.4 is 5.73 Å². The number of aromatic nitrogens is 5. The lowest BCUT2D eigenvalue weighted by molar-refractivity contribution is -0.118. The Bertz CT molecular complexity index is 699. The molecule has 0 fully saturated rings. The first-order valence-corrected chi connectivity index (χ1v) is 5.78. The molecule has 0 radical (unpaired) electrons. The number of hydrogen-bond donors (Lipinski definition) is 2. The smallest absolute Gasteiger partial charge is 0.358 e. The molecule has 0 aromatic carbocycles. The maximum Gasteiger partial charge on any atom is 0.358 e.